The summed E-state index contributed by atoms with van der Waals surface area (Å²) in [5.74, 6) is 1.94. The Hall–Kier alpha value is -1.85. The third kappa shape index (κ3) is 3.83. The minimum absolute atomic E-state index is 0.103. The average molecular weight is 292 g/mol. The molecule has 1 saturated heterocycles. The fourth-order valence-corrected chi connectivity index (χ4v) is 2.88. The Labute approximate surface area is 125 Å². The number of pyridine rings is 1. The van der Waals surface area contributed by atoms with Crippen LogP contribution in [0, 0.1) is 16.0 Å². The molecule has 0 aromatic carbocycles. The molecule has 1 aliphatic heterocycles. The number of hydrogen-bond donors (Lipinski definition) is 1. The van der Waals surface area contributed by atoms with Crippen LogP contribution in [-0.2, 0) is 0 Å². The summed E-state index contributed by atoms with van der Waals surface area (Å²) >= 11 is 0. The van der Waals surface area contributed by atoms with Crippen LogP contribution in [0.3, 0.4) is 0 Å². The largest absolute Gasteiger partial charge is 0.370 e. The summed E-state index contributed by atoms with van der Waals surface area (Å²) < 4.78 is 0. The molecule has 0 saturated carbocycles. The highest BCUT2D eigenvalue weighted by Gasteiger charge is 2.24. The van der Waals surface area contributed by atoms with Crippen molar-refractivity contribution in [2.75, 3.05) is 29.9 Å². The van der Waals surface area contributed by atoms with Gasteiger partial charge in [-0.2, -0.15) is 0 Å². The topological polar surface area (TPSA) is 71.3 Å². The summed E-state index contributed by atoms with van der Waals surface area (Å²) in [6.45, 7) is 6.65. The molecule has 1 N–H and O–H groups in total. The highest BCUT2D eigenvalue weighted by Crippen LogP contribution is 2.31. The van der Waals surface area contributed by atoms with Gasteiger partial charge in [0.1, 0.15) is 5.82 Å². The Morgan fingerprint density at radius 2 is 2.19 bits per heavy atom. The molecular weight excluding hydrogens is 268 g/mol. The molecule has 1 aliphatic rings. The Balaban J connectivity index is 2.26. The normalized spacial score (nSPS) is 19.1. The van der Waals surface area contributed by atoms with Crippen molar-refractivity contribution in [1.29, 1.82) is 0 Å². The molecule has 0 bridgehead atoms. The first kappa shape index (κ1) is 15.5. The van der Waals surface area contributed by atoms with Gasteiger partial charge in [0.15, 0.2) is 0 Å². The van der Waals surface area contributed by atoms with Crippen molar-refractivity contribution in [3.8, 4) is 0 Å². The van der Waals surface area contributed by atoms with Crippen LogP contribution in [0.4, 0.5) is 17.3 Å². The maximum Gasteiger partial charge on any atom is 0.311 e. The molecule has 1 atom stereocenters. The van der Waals surface area contributed by atoms with Gasteiger partial charge in [-0.3, -0.25) is 10.1 Å². The lowest BCUT2D eigenvalue weighted by atomic mass is 9.98. The number of anilines is 2. The second-order valence-corrected chi connectivity index (χ2v) is 5.52. The molecule has 1 aromatic heterocycles. The van der Waals surface area contributed by atoms with E-state index >= 15 is 0 Å². The Morgan fingerprint density at radius 1 is 1.38 bits per heavy atom. The van der Waals surface area contributed by atoms with Crippen molar-refractivity contribution in [3.63, 3.8) is 0 Å². The number of nitro groups is 1. The average Bonchev–Trinajstić information content (AvgIpc) is 2.72. The molecule has 21 heavy (non-hydrogen) atoms. The summed E-state index contributed by atoms with van der Waals surface area (Å²) in [5, 5.41) is 14.4. The van der Waals surface area contributed by atoms with Gasteiger partial charge in [0, 0.05) is 25.7 Å². The van der Waals surface area contributed by atoms with Gasteiger partial charge in [0.2, 0.25) is 5.82 Å². The van der Waals surface area contributed by atoms with Crippen LogP contribution >= 0.6 is 0 Å². The molecular formula is C15H24N4O2. The fraction of sp³-hybridized carbons (Fsp3) is 0.667. The molecule has 1 unspecified atom stereocenters. The predicted octanol–water partition coefficient (Wildman–Crippen LogP) is 3.44. The van der Waals surface area contributed by atoms with Crippen molar-refractivity contribution < 1.29 is 4.92 Å². The number of nitrogens with one attached hydrogen (secondary N) is 1. The number of aromatic nitrogens is 1. The molecule has 2 heterocycles. The van der Waals surface area contributed by atoms with E-state index in [0.717, 1.165) is 38.4 Å². The zero-order chi connectivity index (χ0) is 15.2. The summed E-state index contributed by atoms with van der Waals surface area (Å²) in [6.07, 6.45) is 4.54. The van der Waals surface area contributed by atoms with Crippen LogP contribution in [0.15, 0.2) is 12.1 Å². The van der Waals surface area contributed by atoms with Gasteiger partial charge < -0.3 is 10.2 Å². The number of nitrogens with zero attached hydrogens (tertiary/aromatic N) is 3. The van der Waals surface area contributed by atoms with E-state index in [0.29, 0.717) is 11.6 Å². The monoisotopic (exact) mass is 292 g/mol. The van der Waals surface area contributed by atoms with E-state index in [2.05, 4.69) is 22.1 Å². The van der Waals surface area contributed by atoms with Crippen molar-refractivity contribution in [2.24, 2.45) is 5.92 Å². The second-order valence-electron chi connectivity index (χ2n) is 5.52. The van der Waals surface area contributed by atoms with Crippen LogP contribution < -0.4 is 10.2 Å². The Bertz CT molecular complexity index is 493. The predicted molar refractivity (Wildman–Crippen MR) is 84.9 cm³/mol. The zero-order valence-corrected chi connectivity index (χ0v) is 12.8. The van der Waals surface area contributed by atoms with Crippen LogP contribution in [0.1, 0.15) is 39.5 Å². The van der Waals surface area contributed by atoms with E-state index in [9.17, 15) is 10.1 Å². The molecule has 116 valence electrons. The van der Waals surface area contributed by atoms with E-state index in [1.807, 2.05) is 6.92 Å². The Kier molecular flexibility index (Phi) is 5.36. The first-order chi connectivity index (χ1) is 10.2. The number of hydrogen-bond acceptors (Lipinski definition) is 5. The third-order valence-electron chi connectivity index (χ3n) is 4.13. The lowest BCUT2D eigenvalue weighted by molar-refractivity contribution is -0.384. The molecule has 0 aliphatic carbocycles. The Morgan fingerprint density at radius 3 is 2.86 bits per heavy atom. The fourth-order valence-electron chi connectivity index (χ4n) is 2.88. The van der Waals surface area contributed by atoms with Gasteiger partial charge in [0.25, 0.3) is 0 Å². The smallest absolute Gasteiger partial charge is 0.311 e. The quantitative estimate of drug-likeness (QED) is 0.665. The van der Waals surface area contributed by atoms with Crippen molar-refractivity contribution >= 4 is 17.3 Å². The van der Waals surface area contributed by atoms with Gasteiger partial charge in [-0.15, -0.1) is 0 Å². The second kappa shape index (κ2) is 7.24. The highest BCUT2D eigenvalue weighted by atomic mass is 16.6. The lowest BCUT2D eigenvalue weighted by Crippen LogP contribution is -2.26. The summed E-state index contributed by atoms with van der Waals surface area (Å²) in [6, 6.07) is 3.24. The SMILES string of the molecule is CCNc1ccc([N+](=O)[O-])c(N2CCCC(CC)CC2)n1. The highest BCUT2D eigenvalue weighted by molar-refractivity contribution is 5.61. The molecule has 1 fully saturated rings. The van der Waals surface area contributed by atoms with Crippen LogP contribution in [0.2, 0.25) is 0 Å². The maximum absolute atomic E-state index is 11.3. The summed E-state index contributed by atoms with van der Waals surface area (Å²) in [7, 11) is 0. The molecule has 0 amide bonds. The first-order valence-corrected chi connectivity index (χ1v) is 7.80. The van der Waals surface area contributed by atoms with E-state index in [1.165, 1.54) is 12.8 Å². The van der Waals surface area contributed by atoms with Gasteiger partial charge in [0.05, 0.1) is 4.92 Å². The molecule has 0 spiro atoms. The standard InChI is InChI=1S/C15H24N4O2/c1-3-12-6-5-10-18(11-9-12)15-13(19(20)21)7-8-14(17-15)16-4-2/h7-8,12H,3-6,9-11H2,1-2H3,(H,16,17). The third-order valence-corrected chi connectivity index (χ3v) is 4.13. The van der Waals surface area contributed by atoms with Crippen molar-refractivity contribution in [3.05, 3.63) is 22.2 Å². The molecule has 0 radical (unpaired) electrons. The molecule has 6 heteroatoms. The molecule has 2 rings (SSSR count). The van der Waals surface area contributed by atoms with Crippen LogP contribution in [-0.4, -0.2) is 29.5 Å². The number of rotatable bonds is 5. The van der Waals surface area contributed by atoms with E-state index in [4.69, 9.17) is 0 Å². The van der Waals surface area contributed by atoms with Crippen LogP contribution in [0.25, 0.3) is 0 Å². The van der Waals surface area contributed by atoms with E-state index in [1.54, 1.807) is 12.1 Å². The minimum Gasteiger partial charge on any atom is -0.370 e. The zero-order valence-electron chi connectivity index (χ0n) is 12.8. The van der Waals surface area contributed by atoms with Crippen LogP contribution in [0.5, 0.6) is 0 Å². The molecule has 6 nitrogen and oxygen atoms in total. The summed E-state index contributed by atoms with van der Waals surface area (Å²) in [5.41, 5.74) is 0.103. The van der Waals surface area contributed by atoms with Crippen molar-refractivity contribution in [1.82, 2.24) is 4.98 Å². The summed E-state index contributed by atoms with van der Waals surface area (Å²) in [4.78, 5) is 17.5. The van der Waals surface area contributed by atoms with E-state index < -0.39 is 0 Å². The van der Waals surface area contributed by atoms with Gasteiger partial charge in [-0.25, -0.2) is 4.98 Å². The van der Waals surface area contributed by atoms with Crippen molar-refractivity contribution in [2.45, 2.75) is 39.5 Å². The van der Waals surface area contributed by atoms with Gasteiger partial charge >= 0.3 is 5.69 Å². The van der Waals surface area contributed by atoms with Gasteiger partial charge in [-0.1, -0.05) is 13.3 Å². The maximum atomic E-state index is 11.3. The van der Waals surface area contributed by atoms with Gasteiger partial charge in [-0.05, 0) is 38.2 Å². The van der Waals surface area contributed by atoms with E-state index in [-0.39, 0.29) is 10.6 Å². The minimum atomic E-state index is -0.333. The molecule has 1 aromatic rings. The first-order valence-electron chi connectivity index (χ1n) is 7.80. The lowest BCUT2D eigenvalue weighted by Gasteiger charge is -2.22.